The number of ether oxygens (including phenoxy) is 2. The van der Waals surface area contributed by atoms with Crippen molar-refractivity contribution < 1.29 is 32.4 Å². The Hall–Kier alpha value is -3.92. The minimum Gasteiger partial charge on any atom is -0.484 e. The van der Waals surface area contributed by atoms with E-state index in [9.17, 15) is 28.1 Å². The summed E-state index contributed by atoms with van der Waals surface area (Å²) in [6, 6.07) is 19.0. The summed E-state index contributed by atoms with van der Waals surface area (Å²) in [7, 11) is 4.12. The van der Waals surface area contributed by atoms with Gasteiger partial charge < -0.3 is 14.4 Å². The highest BCUT2D eigenvalue weighted by molar-refractivity contribution is 5.71. The van der Waals surface area contributed by atoms with Gasteiger partial charge in [-0.25, -0.2) is 0 Å². The van der Waals surface area contributed by atoms with E-state index in [0.717, 1.165) is 34.6 Å². The maximum absolute atomic E-state index is 12.3. The Balaban J connectivity index is 0.000000344. The Bertz CT molecular complexity index is 1360. The first-order valence-electron chi connectivity index (χ1n) is 14.0. The molecule has 0 radical (unpaired) electrons. The molecule has 0 saturated carbocycles. The van der Waals surface area contributed by atoms with E-state index in [1.807, 2.05) is 57.2 Å². The van der Waals surface area contributed by atoms with Crippen LogP contribution in [0, 0.1) is 23.0 Å². The van der Waals surface area contributed by atoms with Crippen LogP contribution in [-0.4, -0.2) is 35.9 Å². The number of halogens is 3. The number of carbonyl (C=O) groups is 1. The molecule has 0 aliphatic heterocycles. The average Bonchev–Trinajstić information content (AvgIpc) is 2.94. The summed E-state index contributed by atoms with van der Waals surface area (Å²) >= 11 is 0. The molecule has 0 aliphatic carbocycles. The van der Waals surface area contributed by atoms with E-state index in [1.54, 1.807) is 13.8 Å². The zero-order valence-electron chi connectivity index (χ0n) is 25.9. The quantitative estimate of drug-likeness (QED) is 0.131. The summed E-state index contributed by atoms with van der Waals surface area (Å²) < 4.78 is 48.8. The maximum Gasteiger partial charge on any atom is 0.416 e. The number of hydrogen-bond donors (Lipinski definition) is 0. The number of esters is 1. The van der Waals surface area contributed by atoms with Crippen LogP contribution >= 0.6 is 0 Å². The van der Waals surface area contributed by atoms with Crippen molar-refractivity contribution in [2.75, 3.05) is 14.1 Å². The molecule has 3 aromatic rings. The summed E-state index contributed by atoms with van der Waals surface area (Å²) in [5, 5.41) is 10.6. The van der Waals surface area contributed by atoms with Gasteiger partial charge in [-0.15, -0.1) is 0 Å². The first-order valence-corrected chi connectivity index (χ1v) is 14.0. The van der Waals surface area contributed by atoms with Gasteiger partial charge in [0.2, 0.25) is 0 Å². The number of hydrogen-bond acceptors (Lipinski definition) is 6. The topological polar surface area (TPSA) is 81.9 Å². The molecule has 0 N–H and O–H groups in total. The van der Waals surface area contributed by atoms with Crippen LogP contribution in [0.3, 0.4) is 0 Å². The molecule has 234 valence electrons. The fourth-order valence-electron chi connectivity index (χ4n) is 4.12. The second kappa shape index (κ2) is 15.5. The van der Waals surface area contributed by atoms with Crippen molar-refractivity contribution in [3.8, 4) is 5.75 Å². The van der Waals surface area contributed by atoms with Gasteiger partial charge in [0.05, 0.1) is 16.4 Å². The summed E-state index contributed by atoms with van der Waals surface area (Å²) in [5.41, 5.74) is 1.96. The summed E-state index contributed by atoms with van der Waals surface area (Å²) in [5.74, 6) is 0.351. The van der Waals surface area contributed by atoms with Crippen LogP contribution in [0.25, 0.3) is 0 Å². The first-order chi connectivity index (χ1) is 20.0. The van der Waals surface area contributed by atoms with Gasteiger partial charge in [0, 0.05) is 17.7 Å². The molecule has 43 heavy (non-hydrogen) atoms. The molecule has 0 aromatic heterocycles. The Morgan fingerprint density at radius 3 is 2.07 bits per heavy atom. The van der Waals surface area contributed by atoms with Crippen LogP contribution in [0.1, 0.15) is 74.5 Å². The third-order valence-corrected chi connectivity index (χ3v) is 6.90. The van der Waals surface area contributed by atoms with E-state index >= 15 is 0 Å². The smallest absolute Gasteiger partial charge is 0.416 e. The van der Waals surface area contributed by atoms with Crippen molar-refractivity contribution in [2.45, 2.75) is 72.4 Å². The Morgan fingerprint density at radius 1 is 0.953 bits per heavy atom. The number of benzene rings is 3. The van der Waals surface area contributed by atoms with Gasteiger partial charge in [-0.1, -0.05) is 70.2 Å². The molecule has 0 spiro atoms. The van der Waals surface area contributed by atoms with Crippen molar-refractivity contribution >= 4 is 11.7 Å². The highest BCUT2D eigenvalue weighted by atomic mass is 19.4. The molecule has 7 nitrogen and oxygen atoms in total. The summed E-state index contributed by atoms with van der Waals surface area (Å²) in [4.78, 5) is 23.7. The molecule has 2 unspecified atom stereocenters. The predicted molar refractivity (Wildman–Crippen MR) is 161 cm³/mol. The number of nitro benzene ring substituents is 1. The largest absolute Gasteiger partial charge is 0.484 e. The van der Waals surface area contributed by atoms with Gasteiger partial charge in [0.1, 0.15) is 18.5 Å². The van der Waals surface area contributed by atoms with Crippen LogP contribution < -0.4 is 4.74 Å². The zero-order valence-corrected chi connectivity index (χ0v) is 25.9. The minimum absolute atomic E-state index is 0.0791. The highest BCUT2D eigenvalue weighted by Gasteiger charge is 2.33. The molecule has 3 rings (SSSR count). The normalized spacial score (nSPS) is 12.9. The molecule has 0 saturated heterocycles. The molecule has 2 atom stereocenters. The van der Waals surface area contributed by atoms with Crippen LogP contribution in [0.2, 0.25) is 0 Å². The molecule has 0 bridgehead atoms. The number of nitro groups is 1. The summed E-state index contributed by atoms with van der Waals surface area (Å²) in [6.45, 7) is 11.5. The molecular weight excluding hydrogens is 561 g/mol. The van der Waals surface area contributed by atoms with Crippen molar-refractivity contribution in [3.63, 3.8) is 0 Å². The van der Waals surface area contributed by atoms with Crippen LogP contribution in [0.5, 0.6) is 5.75 Å². The fraction of sp³-hybridized carbons (Fsp3) is 0.424. The van der Waals surface area contributed by atoms with Crippen molar-refractivity contribution in [1.29, 1.82) is 0 Å². The lowest BCUT2D eigenvalue weighted by atomic mass is 9.99. The lowest BCUT2D eigenvalue weighted by molar-refractivity contribution is -0.385. The van der Waals surface area contributed by atoms with Crippen LogP contribution in [0.4, 0.5) is 18.9 Å². The molecule has 0 amide bonds. The second-order valence-electron chi connectivity index (χ2n) is 11.2. The molecule has 3 aromatic carbocycles. The Labute approximate surface area is 251 Å². The standard InChI is InChI=1S/C23H31NO3.C10H10F3NO2/c1-16(2)23(25)26-15-19-12-13-21(17(3)14-19)27-22(18(4)24(5)6)20-10-8-7-9-11-20;1-6(2)8-4-3-7(10(11,12)13)5-9(8)14(15)16/h7-14,16,18,22H,15H2,1-6H3;3-6H,1-2H3. The van der Waals surface area contributed by atoms with Crippen LogP contribution in [-0.2, 0) is 22.3 Å². The second-order valence-corrected chi connectivity index (χ2v) is 11.2. The maximum atomic E-state index is 12.3. The number of alkyl halides is 3. The van der Waals surface area contributed by atoms with Gasteiger partial charge in [0.15, 0.2) is 0 Å². The average molecular weight is 603 g/mol. The number of carbonyl (C=O) groups excluding carboxylic acids is 1. The highest BCUT2D eigenvalue weighted by Crippen LogP contribution is 2.35. The van der Waals surface area contributed by atoms with E-state index in [-0.39, 0.29) is 36.6 Å². The molecular formula is C33H41F3N2O5. The monoisotopic (exact) mass is 602 g/mol. The van der Waals surface area contributed by atoms with Gasteiger partial charge >= 0.3 is 12.1 Å². The van der Waals surface area contributed by atoms with Crippen LogP contribution in [0.15, 0.2) is 66.7 Å². The Kier molecular flexibility index (Phi) is 12.7. The van der Waals surface area contributed by atoms with E-state index in [4.69, 9.17) is 9.47 Å². The Morgan fingerprint density at radius 2 is 1.58 bits per heavy atom. The van der Waals surface area contributed by atoms with Crippen molar-refractivity contribution in [2.24, 2.45) is 5.92 Å². The number of rotatable bonds is 10. The number of nitrogens with zero attached hydrogens (tertiary/aromatic N) is 2. The molecule has 0 heterocycles. The number of likely N-dealkylation sites (N-methyl/N-ethyl adjacent to an activating group) is 1. The first kappa shape index (κ1) is 35.3. The lowest BCUT2D eigenvalue weighted by Gasteiger charge is -2.30. The third-order valence-electron chi connectivity index (χ3n) is 6.90. The van der Waals surface area contributed by atoms with Gasteiger partial charge in [-0.2, -0.15) is 13.2 Å². The van der Waals surface area contributed by atoms with E-state index in [0.29, 0.717) is 11.6 Å². The molecule has 0 aliphatic rings. The third kappa shape index (κ3) is 10.4. The summed E-state index contributed by atoms with van der Waals surface area (Å²) in [6.07, 6.45) is -4.63. The van der Waals surface area contributed by atoms with E-state index < -0.39 is 22.4 Å². The van der Waals surface area contributed by atoms with Gasteiger partial charge in [-0.05, 0) is 68.8 Å². The predicted octanol–water partition coefficient (Wildman–Crippen LogP) is 8.50. The van der Waals surface area contributed by atoms with Crippen molar-refractivity contribution in [3.05, 3.63) is 105 Å². The van der Waals surface area contributed by atoms with Gasteiger partial charge in [-0.3, -0.25) is 14.9 Å². The van der Waals surface area contributed by atoms with E-state index in [1.165, 1.54) is 0 Å². The van der Waals surface area contributed by atoms with Gasteiger partial charge in [0.25, 0.3) is 5.69 Å². The SMILES string of the molecule is CC(C)c1ccc(C(F)(F)F)cc1[N+](=O)[O-].Cc1cc(COC(=O)C(C)C)ccc1OC(c1ccccc1)C(C)N(C)C. The van der Waals surface area contributed by atoms with Crippen molar-refractivity contribution in [1.82, 2.24) is 4.90 Å². The zero-order chi connectivity index (χ0) is 32.5. The molecule has 10 heteroatoms. The minimum atomic E-state index is -4.56. The lowest BCUT2D eigenvalue weighted by Crippen LogP contribution is -2.34. The van der Waals surface area contributed by atoms with E-state index in [2.05, 4.69) is 38.1 Å². The number of aryl methyl sites for hydroxylation is 1. The fourth-order valence-corrected chi connectivity index (χ4v) is 4.12. The molecule has 0 fully saturated rings.